The quantitative estimate of drug-likeness (QED) is 0.790. The van der Waals surface area contributed by atoms with Crippen LogP contribution in [0.4, 0.5) is 0 Å². The number of aromatic carboxylic acids is 1. The molecule has 0 aliphatic heterocycles. The molecule has 0 spiro atoms. The predicted molar refractivity (Wildman–Crippen MR) is 73.8 cm³/mol. The summed E-state index contributed by atoms with van der Waals surface area (Å²) in [6.07, 6.45) is 3.37. The van der Waals surface area contributed by atoms with Gasteiger partial charge in [-0.05, 0) is 35.4 Å². The van der Waals surface area contributed by atoms with Gasteiger partial charge >= 0.3 is 5.97 Å². The minimum absolute atomic E-state index is 0.272. The molecule has 0 fully saturated rings. The van der Waals surface area contributed by atoms with E-state index in [0.717, 1.165) is 16.8 Å². The Balaban J connectivity index is 2.04. The van der Waals surface area contributed by atoms with E-state index < -0.39 is 5.97 Å². The Hall–Kier alpha value is -2.95. The number of benzene rings is 2. The summed E-state index contributed by atoms with van der Waals surface area (Å²) in [5.41, 5.74) is 2.93. The number of nitrogens with zero attached hydrogens (tertiary/aromatic N) is 3. The molecule has 1 aromatic heterocycles. The Bertz CT molecular complexity index is 751. The fraction of sp³-hybridized carbons (Fsp3) is 0. The molecule has 0 amide bonds. The van der Waals surface area contributed by atoms with Crippen LogP contribution in [0.2, 0.25) is 0 Å². The molecule has 0 atom stereocenters. The molecule has 0 bridgehead atoms. The number of carboxylic acid groups (broad SMARTS) is 1. The maximum Gasteiger partial charge on any atom is 0.335 e. The molecule has 5 heteroatoms. The standard InChI is InChI=1S/C15H11N3O2/c19-15(20)13-5-1-3-11(9-13)12-4-2-6-14(10-12)18-8-7-16-17-18/h1-10H,(H,19,20). The Labute approximate surface area is 115 Å². The van der Waals surface area contributed by atoms with Gasteiger partial charge in [-0.25, -0.2) is 9.48 Å². The van der Waals surface area contributed by atoms with Gasteiger partial charge in [0, 0.05) is 0 Å². The molecule has 0 aliphatic rings. The summed E-state index contributed by atoms with van der Waals surface area (Å²) >= 11 is 0. The van der Waals surface area contributed by atoms with Crippen molar-refractivity contribution in [3.8, 4) is 16.8 Å². The zero-order valence-corrected chi connectivity index (χ0v) is 10.5. The van der Waals surface area contributed by atoms with Gasteiger partial charge < -0.3 is 5.11 Å². The van der Waals surface area contributed by atoms with Crippen molar-refractivity contribution in [3.63, 3.8) is 0 Å². The monoisotopic (exact) mass is 265 g/mol. The van der Waals surface area contributed by atoms with Crippen molar-refractivity contribution in [2.24, 2.45) is 0 Å². The van der Waals surface area contributed by atoms with Crippen LogP contribution in [0.25, 0.3) is 16.8 Å². The second-order valence-electron chi connectivity index (χ2n) is 4.28. The highest BCUT2D eigenvalue weighted by Crippen LogP contribution is 2.22. The van der Waals surface area contributed by atoms with Gasteiger partial charge in [-0.3, -0.25) is 0 Å². The van der Waals surface area contributed by atoms with E-state index in [9.17, 15) is 4.79 Å². The average Bonchev–Trinajstić information content (AvgIpc) is 3.02. The minimum atomic E-state index is -0.931. The molecule has 3 rings (SSSR count). The van der Waals surface area contributed by atoms with Crippen molar-refractivity contribution >= 4 is 5.97 Å². The Morgan fingerprint density at radius 1 is 1.05 bits per heavy atom. The highest BCUT2D eigenvalue weighted by Gasteiger charge is 2.06. The summed E-state index contributed by atoms with van der Waals surface area (Å²) in [5, 5.41) is 16.8. The lowest BCUT2D eigenvalue weighted by molar-refractivity contribution is 0.0697. The summed E-state index contributed by atoms with van der Waals surface area (Å²) in [6.45, 7) is 0. The van der Waals surface area contributed by atoms with Crippen molar-refractivity contribution in [1.29, 1.82) is 0 Å². The topological polar surface area (TPSA) is 68.0 Å². The van der Waals surface area contributed by atoms with Crippen LogP contribution in [-0.2, 0) is 0 Å². The Kier molecular flexibility index (Phi) is 3.01. The van der Waals surface area contributed by atoms with E-state index in [1.54, 1.807) is 35.3 Å². The first-order valence-electron chi connectivity index (χ1n) is 6.04. The van der Waals surface area contributed by atoms with Crippen LogP contribution in [-0.4, -0.2) is 26.1 Å². The number of hydrogen-bond donors (Lipinski definition) is 1. The average molecular weight is 265 g/mol. The van der Waals surface area contributed by atoms with Crippen LogP contribution < -0.4 is 0 Å². The van der Waals surface area contributed by atoms with E-state index in [2.05, 4.69) is 10.3 Å². The summed E-state index contributed by atoms with van der Waals surface area (Å²) in [5.74, 6) is -0.931. The molecule has 2 aromatic carbocycles. The summed E-state index contributed by atoms with van der Waals surface area (Å²) in [6, 6.07) is 14.5. The molecule has 0 unspecified atom stereocenters. The van der Waals surface area contributed by atoms with Crippen LogP contribution in [0.15, 0.2) is 60.9 Å². The van der Waals surface area contributed by atoms with Crippen LogP contribution >= 0.6 is 0 Å². The lowest BCUT2D eigenvalue weighted by Gasteiger charge is -2.06. The second kappa shape index (κ2) is 4.97. The third kappa shape index (κ3) is 2.29. The lowest BCUT2D eigenvalue weighted by Crippen LogP contribution is -1.97. The van der Waals surface area contributed by atoms with E-state index in [4.69, 9.17) is 5.11 Å². The maximum atomic E-state index is 11.0. The Morgan fingerprint density at radius 2 is 1.80 bits per heavy atom. The summed E-state index contributed by atoms with van der Waals surface area (Å²) in [7, 11) is 0. The summed E-state index contributed by atoms with van der Waals surface area (Å²) < 4.78 is 1.66. The molecular formula is C15H11N3O2. The van der Waals surface area contributed by atoms with Gasteiger partial charge in [0.05, 0.1) is 23.6 Å². The molecule has 5 nitrogen and oxygen atoms in total. The number of carbonyl (C=O) groups is 1. The zero-order valence-electron chi connectivity index (χ0n) is 10.5. The smallest absolute Gasteiger partial charge is 0.335 e. The largest absolute Gasteiger partial charge is 0.478 e. The van der Waals surface area contributed by atoms with Crippen LogP contribution in [0, 0.1) is 0 Å². The normalized spacial score (nSPS) is 10.4. The molecule has 0 saturated carbocycles. The Morgan fingerprint density at radius 3 is 2.50 bits per heavy atom. The van der Waals surface area contributed by atoms with E-state index >= 15 is 0 Å². The third-order valence-corrected chi connectivity index (χ3v) is 2.98. The first kappa shape index (κ1) is 12.1. The second-order valence-corrected chi connectivity index (χ2v) is 4.28. The van der Waals surface area contributed by atoms with Gasteiger partial charge in [-0.2, -0.15) is 0 Å². The lowest BCUT2D eigenvalue weighted by atomic mass is 10.0. The third-order valence-electron chi connectivity index (χ3n) is 2.98. The molecule has 0 saturated heterocycles. The minimum Gasteiger partial charge on any atom is -0.478 e. The van der Waals surface area contributed by atoms with Crippen molar-refractivity contribution in [1.82, 2.24) is 15.0 Å². The highest BCUT2D eigenvalue weighted by molar-refractivity contribution is 5.89. The maximum absolute atomic E-state index is 11.0. The number of hydrogen-bond acceptors (Lipinski definition) is 3. The van der Waals surface area contributed by atoms with Gasteiger partial charge in [0.1, 0.15) is 0 Å². The molecule has 1 N–H and O–H groups in total. The zero-order chi connectivity index (χ0) is 13.9. The van der Waals surface area contributed by atoms with E-state index in [1.165, 1.54) is 0 Å². The van der Waals surface area contributed by atoms with Gasteiger partial charge in [0.15, 0.2) is 0 Å². The van der Waals surface area contributed by atoms with Crippen LogP contribution in [0.3, 0.4) is 0 Å². The number of carboxylic acids is 1. The SMILES string of the molecule is O=C(O)c1cccc(-c2cccc(-n3ccnn3)c2)c1. The first-order valence-corrected chi connectivity index (χ1v) is 6.04. The van der Waals surface area contributed by atoms with Gasteiger partial charge in [0.25, 0.3) is 0 Å². The van der Waals surface area contributed by atoms with E-state index in [1.807, 2.05) is 30.3 Å². The first-order chi connectivity index (χ1) is 9.74. The number of rotatable bonds is 3. The van der Waals surface area contributed by atoms with Crippen molar-refractivity contribution in [2.75, 3.05) is 0 Å². The molecule has 0 aliphatic carbocycles. The van der Waals surface area contributed by atoms with Gasteiger partial charge in [-0.1, -0.05) is 29.5 Å². The molecule has 20 heavy (non-hydrogen) atoms. The molecular weight excluding hydrogens is 254 g/mol. The molecule has 0 radical (unpaired) electrons. The van der Waals surface area contributed by atoms with Crippen LogP contribution in [0.5, 0.6) is 0 Å². The molecule has 3 aromatic rings. The van der Waals surface area contributed by atoms with Crippen molar-refractivity contribution < 1.29 is 9.90 Å². The van der Waals surface area contributed by atoms with Gasteiger partial charge in [0.2, 0.25) is 0 Å². The number of aromatic nitrogens is 3. The van der Waals surface area contributed by atoms with E-state index in [-0.39, 0.29) is 5.56 Å². The van der Waals surface area contributed by atoms with E-state index in [0.29, 0.717) is 0 Å². The fourth-order valence-corrected chi connectivity index (χ4v) is 2.01. The molecule has 1 heterocycles. The van der Waals surface area contributed by atoms with Gasteiger partial charge in [-0.15, -0.1) is 5.10 Å². The highest BCUT2D eigenvalue weighted by atomic mass is 16.4. The molecule has 98 valence electrons. The summed E-state index contributed by atoms with van der Waals surface area (Å²) in [4.78, 5) is 11.0. The fourth-order valence-electron chi connectivity index (χ4n) is 2.01. The predicted octanol–water partition coefficient (Wildman–Crippen LogP) is 2.63. The van der Waals surface area contributed by atoms with Crippen molar-refractivity contribution in [3.05, 3.63) is 66.5 Å². The van der Waals surface area contributed by atoms with Crippen molar-refractivity contribution in [2.45, 2.75) is 0 Å². The van der Waals surface area contributed by atoms with Crippen LogP contribution in [0.1, 0.15) is 10.4 Å².